The molecule has 0 unspecified atom stereocenters. The molecule has 3 aromatic heterocycles. The second-order valence-corrected chi connectivity index (χ2v) is 7.95. The molecule has 11 heteroatoms. The highest BCUT2D eigenvalue weighted by Gasteiger charge is 2.28. The normalized spacial score (nSPS) is 13.3. The number of rotatable bonds is 5. The van der Waals surface area contributed by atoms with Crippen LogP contribution >= 0.6 is 22.7 Å². The number of H-pyrrole nitrogens is 1. The van der Waals surface area contributed by atoms with E-state index in [0.717, 1.165) is 22.7 Å². The van der Waals surface area contributed by atoms with Gasteiger partial charge in [-0.25, -0.2) is 9.67 Å². The van der Waals surface area contributed by atoms with Gasteiger partial charge in [0.15, 0.2) is 5.78 Å². The third-order valence-electron chi connectivity index (χ3n) is 3.60. The number of ketones is 1. The van der Waals surface area contributed by atoms with E-state index < -0.39 is 10.5 Å². The molecule has 0 radical (unpaired) electrons. The summed E-state index contributed by atoms with van der Waals surface area (Å²) in [6.45, 7) is 3.40. The van der Waals surface area contributed by atoms with E-state index >= 15 is 0 Å². The first-order valence-corrected chi connectivity index (χ1v) is 8.97. The molecular weight excluding hydrogens is 378 g/mol. The molecule has 9 nitrogen and oxygen atoms in total. The van der Waals surface area contributed by atoms with Gasteiger partial charge in [0.1, 0.15) is 18.2 Å². The van der Waals surface area contributed by atoms with Gasteiger partial charge in [-0.05, 0) is 26.0 Å². The van der Waals surface area contributed by atoms with Crippen LogP contribution in [0.1, 0.15) is 18.7 Å². The van der Waals surface area contributed by atoms with Crippen LogP contribution in [0.3, 0.4) is 0 Å². The van der Waals surface area contributed by atoms with Gasteiger partial charge in [-0.3, -0.25) is 19.7 Å². The average molecular weight is 391 g/mol. The first kappa shape index (κ1) is 17.9. The number of nitrogens with one attached hydrogen (secondary N) is 1. The largest absolute Gasteiger partial charge is 0.324 e. The lowest BCUT2D eigenvalue weighted by Crippen LogP contribution is -2.36. The monoisotopic (exact) mass is 391 g/mol. The molecule has 0 fully saturated rings. The highest BCUT2D eigenvalue weighted by molar-refractivity contribution is 7.16. The zero-order valence-electron chi connectivity index (χ0n) is 13.7. The van der Waals surface area contributed by atoms with Crippen LogP contribution in [0.4, 0.5) is 5.00 Å². The molecule has 0 saturated heterocycles. The number of aromatic nitrogens is 4. The Morgan fingerprint density at radius 3 is 2.77 bits per heavy atom. The van der Waals surface area contributed by atoms with E-state index in [0.29, 0.717) is 14.1 Å². The van der Waals surface area contributed by atoms with Crippen LogP contribution in [0, 0.1) is 10.1 Å². The predicted molar refractivity (Wildman–Crippen MR) is 97.5 cm³/mol. The van der Waals surface area contributed by atoms with Crippen LogP contribution in [0.25, 0.3) is 12.2 Å². The van der Waals surface area contributed by atoms with Gasteiger partial charge < -0.3 is 4.98 Å². The fourth-order valence-corrected chi connectivity index (χ4v) is 3.79. The number of aromatic amines is 1. The maximum Gasteiger partial charge on any atom is 0.324 e. The number of hydrogen-bond donors (Lipinski definition) is 1. The lowest BCUT2D eigenvalue weighted by molar-refractivity contribution is -0.380. The van der Waals surface area contributed by atoms with Crippen LogP contribution in [-0.4, -0.2) is 30.5 Å². The number of Topliss-reactive ketones (excluding diaryl/α,β-unsaturated/α-hetero) is 1. The van der Waals surface area contributed by atoms with Crippen molar-refractivity contribution in [1.82, 2.24) is 19.7 Å². The summed E-state index contributed by atoms with van der Waals surface area (Å²) < 4.78 is 2.19. The van der Waals surface area contributed by atoms with E-state index in [-0.39, 0.29) is 16.3 Å². The topological polar surface area (TPSA) is 124 Å². The summed E-state index contributed by atoms with van der Waals surface area (Å²) in [7, 11) is 0. The van der Waals surface area contributed by atoms with Crippen LogP contribution in [0.15, 0.2) is 29.6 Å². The summed E-state index contributed by atoms with van der Waals surface area (Å²) in [5.41, 5.74) is -1.31. The number of nitrogens with zero attached hydrogens (tertiary/aromatic N) is 4. The molecule has 0 aromatic carbocycles. The number of carbonyl (C=O) groups excluding carboxylic acids is 1. The Kier molecular flexibility index (Phi) is 4.66. The van der Waals surface area contributed by atoms with E-state index in [2.05, 4.69) is 15.1 Å². The molecule has 134 valence electrons. The molecule has 0 aliphatic heterocycles. The maximum atomic E-state index is 12.5. The van der Waals surface area contributed by atoms with E-state index in [1.807, 2.05) is 0 Å². The third-order valence-corrected chi connectivity index (χ3v) is 5.55. The molecule has 0 amide bonds. The van der Waals surface area contributed by atoms with Gasteiger partial charge in [0.05, 0.1) is 14.1 Å². The second kappa shape index (κ2) is 6.77. The summed E-state index contributed by atoms with van der Waals surface area (Å²) in [6, 6.07) is 2.96. The summed E-state index contributed by atoms with van der Waals surface area (Å²) >= 11 is 2.08. The third kappa shape index (κ3) is 3.53. The number of thiazole rings is 1. The summed E-state index contributed by atoms with van der Waals surface area (Å²) in [6.07, 6.45) is 5.70. The summed E-state index contributed by atoms with van der Waals surface area (Å²) in [5, 5.41) is 14.7. The van der Waals surface area contributed by atoms with Crippen molar-refractivity contribution in [2.45, 2.75) is 19.4 Å². The fraction of sp³-hybridized carbons (Fsp3) is 0.200. The number of nitro groups is 1. The minimum absolute atomic E-state index is 0.000722. The fourth-order valence-electron chi connectivity index (χ4n) is 2.08. The van der Waals surface area contributed by atoms with Crippen LogP contribution in [-0.2, 0) is 10.3 Å². The van der Waals surface area contributed by atoms with Crippen molar-refractivity contribution in [3.8, 4) is 0 Å². The Bertz CT molecular complexity index is 1140. The quantitative estimate of drug-likeness (QED) is 0.502. The number of thiophene rings is 1. The molecule has 0 aliphatic rings. The Morgan fingerprint density at radius 2 is 2.15 bits per heavy atom. The highest BCUT2D eigenvalue weighted by atomic mass is 32.1. The van der Waals surface area contributed by atoms with Gasteiger partial charge in [0, 0.05) is 17.0 Å². The first-order chi connectivity index (χ1) is 12.3. The lowest BCUT2D eigenvalue weighted by atomic mass is 10.00. The zero-order chi connectivity index (χ0) is 18.9. The van der Waals surface area contributed by atoms with Crippen molar-refractivity contribution in [1.29, 1.82) is 0 Å². The molecule has 0 aliphatic carbocycles. The van der Waals surface area contributed by atoms with E-state index in [9.17, 15) is 19.7 Å². The van der Waals surface area contributed by atoms with Crippen molar-refractivity contribution in [3.63, 3.8) is 0 Å². The smallest absolute Gasteiger partial charge is 0.313 e. The van der Waals surface area contributed by atoms with Gasteiger partial charge in [-0.2, -0.15) is 5.10 Å². The van der Waals surface area contributed by atoms with Crippen LogP contribution in [0.5, 0.6) is 0 Å². The molecule has 3 aromatic rings. The van der Waals surface area contributed by atoms with Crippen LogP contribution in [0.2, 0.25) is 0 Å². The van der Waals surface area contributed by atoms with Crippen LogP contribution < -0.4 is 14.8 Å². The number of hydrogen-bond acceptors (Lipinski definition) is 8. The second-order valence-electron chi connectivity index (χ2n) is 5.77. The summed E-state index contributed by atoms with van der Waals surface area (Å²) in [5.74, 6) is -0.251. The van der Waals surface area contributed by atoms with Gasteiger partial charge in [0.25, 0.3) is 5.56 Å². The van der Waals surface area contributed by atoms with Gasteiger partial charge in [-0.15, -0.1) is 11.3 Å². The van der Waals surface area contributed by atoms with Gasteiger partial charge in [0.2, 0.25) is 0 Å². The van der Waals surface area contributed by atoms with E-state index in [1.165, 1.54) is 29.5 Å². The zero-order valence-corrected chi connectivity index (χ0v) is 15.3. The van der Waals surface area contributed by atoms with Crippen molar-refractivity contribution in [2.75, 3.05) is 0 Å². The van der Waals surface area contributed by atoms with Gasteiger partial charge in [-0.1, -0.05) is 11.3 Å². The molecule has 3 heterocycles. The maximum absolute atomic E-state index is 12.5. The first-order valence-electron chi connectivity index (χ1n) is 7.34. The molecule has 0 saturated carbocycles. The van der Waals surface area contributed by atoms with Gasteiger partial charge >= 0.3 is 5.00 Å². The average Bonchev–Trinajstić information content (AvgIpc) is 3.30. The van der Waals surface area contributed by atoms with Crippen molar-refractivity contribution in [2.24, 2.45) is 0 Å². The Hall–Kier alpha value is -2.92. The Labute approximate surface area is 154 Å². The Balaban J connectivity index is 1.96. The molecule has 3 rings (SSSR count). The van der Waals surface area contributed by atoms with E-state index in [1.54, 1.807) is 26.0 Å². The Morgan fingerprint density at radius 1 is 1.38 bits per heavy atom. The van der Waals surface area contributed by atoms with E-state index in [4.69, 9.17) is 0 Å². The highest BCUT2D eigenvalue weighted by Crippen LogP contribution is 2.24. The molecule has 0 atom stereocenters. The minimum Gasteiger partial charge on any atom is -0.313 e. The summed E-state index contributed by atoms with van der Waals surface area (Å²) in [4.78, 5) is 41.9. The molecule has 0 spiro atoms. The van der Waals surface area contributed by atoms with Crippen molar-refractivity contribution < 1.29 is 9.72 Å². The molecule has 0 bridgehead atoms. The standard InChI is InChI=1S/C15H13N5O4S2/c1-15(2,19-8-16-7-17-19)11(21)6-12-18-14(22)10(26-12)5-9-3-4-13(25-9)20(23)24/h3-8H,1-2H3,(H,18,22)/b10-5-,12-6+. The van der Waals surface area contributed by atoms with Crippen molar-refractivity contribution in [3.05, 3.63) is 59.3 Å². The molecule has 1 N–H and O–H groups in total. The predicted octanol–water partition coefficient (Wildman–Crippen LogP) is 0.611. The minimum atomic E-state index is -0.949. The lowest BCUT2D eigenvalue weighted by Gasteiger charge is -2.20. The number of carbonyl (C=O) groups is 1. The van der Waals surface area contributed by atoms with Crippen molar-refractivity contribution >= 4 is 45.6 Å². The molecular formula is C15H13N5O4S2. The SMILES string of the molecule is CC(C)(C(=O)/C=c1\[nH]c(=O)/c(=C/c2ccc([N+](=O)[O-])s2)s1)n1cncn1. The molecule has 26 heavy (non-hydrogen) atoms.